The highest BCUT2D eigenvalue weighted by Gasteiger charge is 2.64. The molecule has 4 nitrogen and oxygen atoms in total. The number of ketones is 1. The molecular weight excluding hydrogens is 704 g/mol. The third kappa shape index (κ3) is 5.97. The Bertz CT molecular complexity index is 1330. The number of carbonyl (C=O) groups excluding carboxylic acids is 1. The van der Waals surface area contributed by atoms with E-state index in [1.165, 1.54) is 14.7 Å². The predicted octanol–water partition coefficient (Wildman–Crippen LogP) is 8.00. The number of halogens is 3. The van der Waals surface area contributed by atoms with Crippen LogP contribution in [0.2, 0.25) is 0 Å². The number of hydrogen-bond acceptors (Lipinski definition) is 4. The molecule has 0 heterocycles. The Hall–Kier alpha value is -0.970. The third-order valence-corrected chi connectivity index (χ3v) is 13.1. The van der Waals surface area contributed by atoms with Gasteiger partial charge in [-0.1, -0.05) is 66.2 Å². The molecule has 2 bridgehead atoms. The molecule has 196 valence electrons. The molecule has 3 aromatic rings. The fraction of sp³-hybridized carbons (Fsp3) is 0.321. The molecule has 2 aliphatic rings. The summed E-state index contributed by atoms with van der Waals surface area (Å²) < 4.78 is 35.9. The van der Waals surface area contributed by atoms with Crippen LogP contribution < -0.4 is 0 Å². The van der Waals surface area contributed by atoms with E-state index in [9.17, 15) is 17.8 Å². The average Bonchev–Trinajstić information content (AvgIpc) is 3.16. The molecule has 9 heteroatoms. The predicted molar refractivity (Wildman–Crippen MR) is 158 cm³/mol. The van der Waals surface area contributed by atoms with Gasteiger partial charge in [-0.3, -0.25) is 4.79 Å². The Kier molecular flexibility index (Phi) is 8.83. The number of hydrogen-bond donors (Lipinski definition) is 0. The standard InChI is InChI=1S/C18H12Br3S.C10H16O4S/c19-13-11-16(20)18(17(21)12-13)22(14-7-3-1-4-8-14)15-9-5-2-6-10-15;1-9(2)7-3-4-10(9,8(11)5-7)6-15(12,13)14/h1-12H;7H,3-6H2,1-2H3,(H,12,13,14)/q+1;/p-1. The van der Waals surface area contributed by atoms with Gasteiger partial charge in [0, 0.05) is 16.3 Å². The normalized spacial score (nSPS) is 22.1. The molecule has 0 N–H and O–H groups in total. The summed E-state index contributed by atoms with van der Waals surface area (Å²) in [5, 5.41) is 0. The molecule has 2 atom stereocenters. The van der Waals surface area contributed by atoms with Gasteiger partial charge < -0.3 is 4.55 Å². The zero-order valence-corrected chi connectivity index (χ0v) is 26.8. The number of fused-ring (bicyclic) bond motifs is 2. The van der Waals surface area contributed by atoms with Crippen LogP contribution in [0.25, 0.3) is 0 Å². The SMILES string of the molecule is Brc1cc(Br)c([S+](c2ccccc2)c2ccccc2)c(Br)c1.CC1(C)C2CCC1(CS(=O)(=O)[O-])C(=O)C2. The second-order valence-electron chi connectivity index (χ2n) is 10.00. The van der Waals surface area contributed by atoms with Crippen molar-refractivity contribution >= 4 is 74.6 Å². The first-order chi connectivity index (χ1) is 17.4. The maximum absolute atomic E-state index is 11.8. The molecule has 0 aromatic heterocycles. The zero-order valence-electron chi connectivity index (χ0n) is 20.4. The summed E-state index contributed by atoms with van der Waals surface area (Å²) in [4.78, 5) is 15.7. The van der Waals surface area contributed by atoms with Gasteiger partial charge in [0.1, 0.15) is 16.7 Å². The highest BCUT2D eigenvalue weighted by molar-refractivity contribution is 9.11. The van der Waals surface area contributed by atoms with Gasteiger partial charge in [0.25, 0.3) is 0 Å². The molecule has 2 unspecified atom stereocenters. The lowest BCUT2D eigenvalue weighted by molar-refractivity contribution is -0.128. The summed E-state index contributed by atoms with van der Waals surface area (Å²) in [6, 6.07) is 25.5. The highest BCUT2D eigenvalue weighted by atomic mass is 79.9. The average molecular weight is 731 g/mol. The third-order valence-electron chi connectivity index (χ3n) is 7.69. The topological polar surface area (TPSA) is 74.3 Å². The van der Waals surface area contributed by atoms with Gasteiger partial charge in [0.05, 0.1) is 24.8 Å². The van der Waals surface area contributed by atoms with E-state index in [0.717, 1.165) is 19.8 Å². The molecule has 5 rings (SSSR count). The van der Waals surface area contributed by atoms with E-state index >= 15 is 0 Å². The summed E-state index contributed by atoms with van der Waals surface area (Å²) in [6.45, 7) is 3.83. The molecule has 0 radical (unpaired) electrons. The summed E-state index contributed by atoms with van der Waals surface area (Å²) in [5.74, 6) is -0.280. The molecule has 3 aromatic carbocycles. The Morgan fingerprint density at radius 3 is 1.78 bits per heavy atom. The van der Waals surface area contributed by atoms with Crippen LogP contribution in [0.5, 0.6) is 0 Å². The van der Waals surface area contributed by atoms with Gasteiger partial charge >= 0.3 is 0 Å². The molecule has 0 aliphatic heterocycles. The van der Waals surface area contributed by atoms with E-state index in [1.807, 2.05) is 13.8 Å². The quantitative estimate of drug-likeness (QED) is 0.197. The lowest BCUT2D eigenvalue weighted by Gasteiger charge is -2.37. The second kappa shape index (κ2) is 11.3. The van der Waals surface area contributed by atoms with Crippen LogP contribution in [0.3, 0.4) is 0 Å². The lowest BCUT2D eigenvalue weighted by atomic mass is 9.70. The van der Waals surface area contributed by atoms with Crippen LogP contribution in [0.15, 0.2) is 101 Å². The maximum Gasteiger partial charge on any atom is 0.194 e. The minimum atomic E-state index is -4.33. The molecule has 0 saturated heterocycles. The Morgan fingerprint density at radius 2 is 1.41 bits per heavy atom. The Balaban J connectivity index is 0.000000186. The molecule has 2 saturated carbocycles. The molecule has 0 spiro atoms. The van der Waals surface area contributed by atoms with Gasteiger partial charge in [0.2, 0.25) is 0 Å². The first-order valence-corrected chi connectivity index (χ1v) is 17.0. The van der Waals surface area contributed by atoms with Gasteiger partial charge in [-0.05, 0) is 92.4 Å². The maximum atomic E-state index is 11.8. The summed E-state index contributed by atoms with van der Waals surface area (Å²) >= 11 is 11.0. The van der Waals surface area contributed by atoms with Crippen LogP contribution in [0.4, 0.5) is 0 Å². The van der Waals surface area contributed by atoms with Crippen molar-refractivity contribution in [3.05, 3.63) is 86.2 Å². The van der Waals surface area contributed by atoms with E-state index in [0.29, 0.717) is 12.8 Å². The van der Waals surface area contributed by atoms with Gasteiger partial charge in [0.15, 0.2) is 14.7 Å². The molecule has 37 heavy (non-hydrogen) atoms. The highest BCUT2D eigenvalue weighted by Crippen LogP contribution is 2.64. The summed E-state index contributed by atoms with van der Waals surface area (Å²) in [7, 11) is -4.49. The summed E-state index contributed by atoms with van der Waals surface area (Å²) in [6.07, 6.45) is 1.88. The van der Waals surface area contributed by atoms with E-state index < -0.39 is 21.3 Å². The summed E-state index contributed by atoms with van der Waals surface area (Å²) in [5.41, 5.74) is -1.22. The largest absolute Gasteiger partial charge is 0.748 e. The van der Waals surface area contributed by atoms with Crippen LogP contribution in [-0.2, 0) is 25.8 Å². The van der Waals surface area contributed by atoms with Gasteiger partial charge in [-0.2, -0.15) is 0 Å². The van der Waals surface area contributed by atoms with E-state index in [1.54, 1.807) is 0 Å². The van der Waals surface area contributed by atoms with Crippen molar-refractivity contribution < 1.29 is 17.8 Å². The van der Waals surface area contributed by atoms with Gasteiger partial charge in [-0.25, -0.2) is 8.42 Å². The molecular formula is C28H27Br3O4S2. The Labute approximate surface area is 247 Å². The van der Waals surface area contributed by atoms with Crippen molar-refractivity contribution in [2.75, 3.05) is 5.75 Å². The molecule has 2 fully saturated rings. The van der Waals surface area contributed by atoms with E-state index in [2.05, 4.69) is 121 Å². The van der Waals surface area contributed by atoms with Crippen LogP contribution in [0.1, 0.15) is 33.1 Å². The van der Waals surface area contributed by atoms with Crippen molar-refractivity contribution in [2.24, 2.45) is 16.7 Å². The number of rotatable bonds is 5. The number of benzene rings is 3. The molecule has 0 amide bonds. The monoisotopic (exact) mass is 728 g/mol. The minimum absolute atomic E-state index is 0.0248. The molecule has 2 aliphatic carbocycles. The first kappa shape index (κ1) is 29.0. The number of carbonyl (C=O) groups is 1. The zero-order chi connectivity index (χ0) is 27.0. The number of Topliss-reactive ketones (excluding diaryl/α,β-unsaturated/α-hetero) is 1. The van der Waals surface area contributed by atoms with Crippen molar-refractivity contribution in [3.63, 3.8) is 0 Å². The van der Waals surface area contributed by atoms with Crippen molar-refractivity contribution in [2.45, 2.75) is 47.8 Å². The van der Waals surface area contributed by atoms with Crippen LogP contribution >= 0.6 is 47.8 Å². The van der Waals surface area contributed by atoms with Crippen LogP contribution in [0, 0.1) is 16.7 Å². The second-order valence-corrected chi connectivity index (χ2v) is 16.0. The lowest BCUT2D eigenvalue weighted by Crippen LogP contribution is -2.42. The van der Waals surface area contributed by atoms with E-state index in [-0.39, 0.29) is 28.0 Å². The van der Waals surface area contributed by atoms with Crippen LogP contribution in [-0.4, -0.2) is 24.5 Å². The van der Waals surface area contributed by atoms with Gasteiger partial charge in [-0.15, -0.1) is 0 Å². The van der Waals surface area contributed by atoms with Crippen molar-refractivity contribution in [1.29, 1.82) is 0 Å². The fourth-order valence-electron chi connectivity index (χ4n) is 5.62. The van der Waals surface area contributed by atoms with Crippen molar-refractivity contribution in [3.8, 4) is 0 Å². The van der Waals surface area contributed by atoms with Crippen molar-refractivity contribution in [1.82, 2.24) is 0 Å². The Morgan fingerprint density at radius 1 is 0.919 bits per heavy atom. The fourth-order valence-corrected chi connectivity index (χ4v) is 12.2. The smallest absolute Gasteiger partial charge is 0.194 e. The minimum Gasteiger partial charge on any atom is -0.748 e. The first-order valence-electron chi connectivity index (χ1n) is 11.8. The van der Waals surface area contributed by atoms with E-state index in [4.69, 9.17) is 0 Å².